The summed E-state index contributed by atoms with van der Waals surface area (Å²) in [7, 11) is 1.34. The number of carbonyl (C=O) groups excluding carboxylic acids is 3. The molecular formula is C19H13F2N3O6S. The summed E-state index contributed by atoms with van der Waals surface area (Å²) in [5, 5.41) is 12.4. The number of hydrogen-bond acceptors (Lipinski definition) is 7. The Morgan fingerprint density at radius 3 is 2.65 bits per heavy atom. The van der Waals surface area contributed by atoms with Crippen LogP contribution in [0.4, 0.5) is 25.0 Å². The lowest BCUT2D eigenvalue weighted by Crippen LogP contribution is -2.36. The van der Waals surface area contributed by atoms with Crippen molar-refractivity contribution in [2.75, 3.05) is 19.0 Å². The fraction of sp³-hybridized carbons (Fsp3) is 0.105. The highest BCUT2D eigenvalue weighted by molar-refractivity contribution is 8.18. The lowest BCUT2D eigenvalue weighted by Gasteiger charge is -2.13. The molecule has 0 bridgehead atoms. The van der Waals surface area contributed by atoms with Crippen molar-refractivity contribution in [2.45, 2.75) is 0 Å². The molecule has 2 aromatic carbocycles. The van der Waals surface area contributed by atoms with E-state index in [2.05, 4.69) is 5.32 Å². The van der Waals surface area contributed by atoms with Gasteiger partial charge in [0.05, 0.1) is 22.6 Å². The van der Waals surface area contributed by atoms with E-state index >= 15 is 0 Å². The van der Waals surface area contributed by atoms with Gasteiger partial charge in [0, 0.05) is 23.8 Å². The van der Waals surface area contributed by atoms with Crippen molar-refractivity contribution < 1.29 is 32.8 Å². The van der Waals surface area contributed by atoms with Crippen LogP contribution in [0.2, 0.25) is 0 Å². The molecule has 9 nitrogen and oxygen atoms in total. The largest absolute Gasteiger partial charge is 0.496 e. The standard InChI is InChI=1S/C19H13F2N3O6S/c1-30-15-5-3-12(24(28)29)6-10(15)7-16-18(26)23(19(27)31-16)9-17(25)22-14-4-2-11(20)8-13(14)21/h2-8H,9H2,1H3,(H,22,25). The zero-order valence-corrected chi connectivity index (χ0v) is 16.6. The summed E-state index contributed by atoms with van der Waals surface area (Å²) in [6, 6.07) is 6.26. The number of nitrogens with one attached hydrogen (secondary N) is 1. The van der Waals surface area contributed by atoms with Gasteiger partial charge in [0.2, 0.25) is 5.91 Å². The van der Waals surface area contributed by atoms with Crippen molar-refractivity contribution in [1.29, 1.82) is 0 Å². The Kier molecular flexibility index (Phi) is 6.30. The van der Waals surface area contributed by atoms with Crippen LogP contribution in [0, 0.1) is 21.7 Å². The van der Waals surface area contributed by atoms with Crippen LogP contribution in [-0.4, -0.2) is 40.5 Å². The second kappa shape index (κ2) is 8.92. The minimum Gasteiger partial charge on any atom is -0.496 e. The maximum Gasteiger partial charge on any atom is 0.294 e. The molecule has 1 saturated heterocycles. The van der Waals surface area contributed by atoms with Crippen LogP contribution in [-0.2, 0) is 9.59 Å². The predicted molar refractivity (Wildman–Crippen MR) is 107 cm³/mol. The summed E-state index contributed by atoms with van der Waals surface area (Å²) in [5.41, 5.74) is -0.359. The number of methoxy groups -OCH3 is 1. The van der Waals surface area contributed by atoms with E-state index in [1.807, 2.05) is 0 Å². The topological polar surface area (TPSA) is 119 Å². The van der Waals surface area contributed by atoms with Gasteiger partial charge in [-0.25, -0.2) is 8.78 Å². The van der Waals surface area contributed by atoms with Gasteiger partial charge in [-0.15, -0.1) is 0 Å². The van der Waals surface area contributed by atoms with Crippen LogP contribution in [0.15, 0.2) is 41.3 Å². The molecule has 3 amide bonds. The highest BCUT2D eigenvalue weighted by Gasteiger charge is 2.36. The Labute approximate surface area is 177 Å². The number of anilines is 1. The highest BCUT2D eigenvalue weighted by Crippen LogP contribution is 2.35. The van der Waals surface area contributed by atoms with Gasteiger partial charge in [-0.3, -0.25) is 29.4 Å². The van der Waals surface area contributed by atoms with Gasteiger partial charge in [-0.2, -0.15) is 0 Å². The number of thioether (sulfide) groups is 1. The summed E-state index contributed by atoms with van der Waals surface area (Å²) in [6.07, 6.45) is 1.24. The molecule has 1 fully saturated rings. The first-order valence-electron chi connectivity index (χ1n) is 8.52. The Morgan fingerprint density at radius 1 is 1.26 bits per heavy atom. The lowest BCUT2D eigenvalue weighted by molar-refractivity contribution is -0.384. The molecule has 0 saturated carbocycles. The number of non-ortho nitro benzene ring substituents is 1. The van der Waals surface area contributed by atoms with Crippen molar-refractivity contribution in [1.82, 2.24) is 4.90 Å². The fourth-order valence-corrected chi connectivity index (χ4v) is 3.48. The molecule has 0 radical (unpaired) electrons. The second-order valence-electron chi connectivity index (χ2n) is 6.12. The van der Waals surface area contributed by atoms with Crippen LogP contribution in [0.3, 0.4) is 0 Å². The van der Waals surface area contributed by atoms with Gasteiger partial charge in [0.1, 0.15) is 23.9 Å². The number of rotatable bonds is 6. The molecule has 1 aliphatic heterocycles. The van der Waals surface area contributed by atoms with Gasteiger partial charge in [0.15, 0.2) is 0 Å². The van der Waals surface area contributed by atoms with Crippen molar-refractivity contribution in [3.05, 3.63) is 68.6 Å². The Hall–Kier alpha value is -3.80. The zero-order chi connectivity index (χ0) is 22.7. The number of carbonyl (C=O) groups is 3. The number of benzene rings is 2. The first-order valence-corrected chi connectivity index (χ1v) is 9.34. The van der Waals surface area contributed by atoms with Crippen molar-refractivity contribution in [3.63, 3.8) is 0 Å². The van der Waals surface area contributed by atoms with Gasteiger partial charge in [0.25, 0.3) is 16.8 Å². The number of halogens is 2. The summed E-state index contributed by atoms with van der Waals surface area (Å²) >= 11 is 0.533. The lowest BCUT2D eigenvalue weighted by atomic mass is 10.1. The maximum absolute atomic E-state index is 13.7. The minimum atomic E-state index is -1.01. The monoisotopic (exact) mass is 449 g/mol. The summed E-state index contributed by atoms with van der Waals surface area (Å²) < 4.78 is 31.7. The molecule has 0 aliphatic carbocycles. The Morgan fingerprint density at radius 2 is 2.00 bits per heavy atom. The molecule has 0 unspecified atom stereocenters. The van der Waals surface area contributed by atoms with Gasteiger partial charge < -0.3 is 10.1 Å². The number of imide groups is 1. The molecular weight excluding hydrogens is 436 g/mol. The minimum absolute atomic E-state index is 0.0791. The molecule has 0 spiro atoms. The van der Waals surface area contributed by atoms with Crippen LogP contribution in [0.5, 0.6) is 5.75 Å². The van der Waals surface area contributed by atoms with Crippen LogP contribution in [0.1, 0.15) is 5.56 Å². The van der Waals surface area contributed by atoms with E-state index in [0.29, 0.717) is 22.7 Å². The number of amides is 3. The first-order chi connectivity index (χ1) is 14.7. The summed E-state index contributed by atoms with van der Waals surface area (Å²) in [4.78, 5) is 47.8. The molecule has 1 heterocycles. The molecule has 12 heteroatoms. The fourth-order valence-electron chi connectivity index (χ4n) is 2.65. The van der Waals surface area contributed by atoms with Crippen molar-refractivity contribution in [3.8, 4) is 5.75 Å². The normalized spacial score (nSPS) is 14.8. The number of ether oxygens (including phenoxy) is 1. The number of nitrogens with zero attached hydrogens (tertiary/aromatic N) is 2. The molecule has 2 aromatic rings. The third-order valence-corrected chi connectivity index (χ3v) is 5.00. The Bertz CT molecular complexity index is 1140. The van der Waals surface area contributed by atoms with Crippen LogP contribution < -0.4 is 10.1 Å². The number of nitro benzene ring substituents is 1. The van der Waals surface area contributed by atoms with Gasteiger partial charge in [-0.05, 0) is 36.0 Å². The van der Waals surface area contributed by atoms with E-state index in [1.54, 1.807) is 0 Å². The number of nitro groups is 1. The van der Waals surface area contributed by atoms with E-state index in [-0.39, 0.29) is 27.6 Å². The maximum atomic E-state index is 13.7. The molecule has 1 N–H and O–H groups in total. The van der Waals surface area contributed by atoms with Gasteiger partial charge >= 0.3 is 0 Å². The molecule has 160 valence electrons. The highest BCUT2D eigenvalue weighted by atomic mass is 32.2. The number of hydrogen-bond donors (Lipinski definition) is 1. The average molecular weight is 449 g/mol. The summed E-state index contributed by atoms with van der Waals surface area (Å²) in [5.74, 6) is -3.29. The molecule has 0 aromatic heterocycles. The third-order valence-electron chi connectivity index (χ3n) is 4.09. The average Bonchev–Trinajstić information content (AvgIpc) is 2.97. The van der Waals surface area contributed by atoms with E-state index in [0.717, 1.165) is 12.1 Å². The quantitative estimate of drug-likeness (QED) is 0.407. The van der Waals surface area contributed by atoms with E-state index < -0.39 is 40.2 Å². The van der Waals surface area contributed by atoms with Crippen molar-refractivity contribution in [2.24, 2.45) is 0 Å². The second-order valence-corrected chi connectivity index (χ2v) is 7.12. The van der Waals surface area contributed by atoms with E-state index in [1.165, 1.54) is 31.4 Å². The zero-order valence-electron chi connectivity index (χ0n) is 15.8. The SMILES string of the molecule is COc1ccc([N+](=O)[O-])cc1C=C1SC(=O)N(CC(=O)Nc2ccc(F)cc2F)C1=O. The van der Waals surface area contributed by atoms with Crippen LogP contribution >= 0.6 is 11.8 Å². The van der Waals surface area contributed by atoms with Crippen molar-refractivity contribution >= 4 is 46.3 Å². The molecule has 1 aliphatic rings. The summed E-state index contributed by atoms with van der Waals surface area (Å²) in [6.45, 7) is -0.703. The van der Waals surface area contributed by atoms with E-state index in [4.69, 9.17) is 4.74 Å². The van der Waals surface area contributed by atoms with E-state index in [9.17, 15) is 33.3 Å². The van der Waals surface area contributed by atoms with Gasteiger partial charge in [-0.1, -0.05) is 0 Å². The molecule has 31 heavy (non-hydrogen) atoms. The Balaban J connectivity index is 1.78. The molecule has 0 atom stereocenters. The predicted octanol–water partition coefficient (Wildman–Crippen LogP) is 3.56. The first kappa shape index (κ1) is 21.9. The smallest absolute Gasteiger partial charge is 0.294 e. The third kappa shape index (κ3) is 4.86. The molecule has 3 rings (SSSR count). The van der Waals surface area contributed by atoms with Crippen LogP contribution in [0.25, 0.3) is 6.08 Å².